The van der Waals surface area contributed by atoms with Crippen molar-refractivity contribution in [2.24, 2.45) is 5.92 Å². The fourth-order valence-corrected chi connectivity index (χ4v) is 4.23. The van der Waals surface area contributed by atoms with Crippen LogP contribution in [0.3, 0.4) is 0 Å². The minimum atomic E-state index is 0.128. The monoisotopic (exact) mass is 343 g/mol. The third-order valence-corrected chi connectivity index (χ3v) is 5.38. The Morgan fingerprint density at radius 3 is 2.88 bits per heavy atom. The zero-order valence-corrected chi connectivity index (χ0v) is 14.8. The van der Waals surface area contributed by atoms with Crippen molar-refractivity contribution < 1.29 is 9.47 Å². The Bertz CT molecular complexity index is 761. The highest BCUT2D eigenvalue weighted by Gasteiger charge is 2.40. The third kappa shape index (κ3) is 2.66. The molecule has 1 saturated heterocycles. The largest absolute Gasteiger partial charge is 0.496 e. The molecule has 2 aliphatic heterocycles. The van der Waals surface area contributed by atoms with Crippen molar-refractivity contribution in [3.63, 3.8) is 0 Å². The molecule has 0 bridgehead atoms. The molecule has 1 fully saturated rings. The van der Waals surface area contributed by atoms with Gasteiger partial charge in [-0.05, 0) is 44.0 Å². The smallest absolute Gasteiger partial charge is 0.124 e. The van der Waals surface area contributed by atoms with Gasteiger partial charge in [0.2, 0.25) is 0 Å². The number of hydrogen-bond acceptors (Lipinski definition) is 3. The van der Waals surface area contributed by atoms with Crippen LogP contribution >= 0.6 is 11.6 Å². The van der Waals surface area contributed by atoms with Crippen LogP contribution < -0.4 is 10.1 Å². The van der Waals surface area contributed by atoms with E-state index in [1.807, 2.05) is 18.2 Å². The van der Waals surface area contributed by atoms with Gasteiger partial charge in [-0.25, -0.2) is 0 Å². The first-order valence-electron chi connectivity index (χ1n) is 8.49. The fourth-order valence-electron chi connectivity index (χ4n) is 4.05. The Morgan fingerprint density at radius 1 is 1.17 bits per heavy atom. The lowest BCUT2D eigenvalue weighted by Gasteiger charge is -2.43. The lowest BCUT2D eigenvalue weighted by Crippen LogP contribution is -2.36. The van der Waals surface area contributed by atoms with Gasteiger partial charge in [0.05, 0.1) is 19.3 Å². The minimum Gasteiger partial charge on any atom is -0.496 e. The molecule has 0 aliphatic carbocycles. The van der Waals surface area contributed by atoms with Crippen molar-refractivity contribution in [2.75, 3.05) is 19.0 Å². The predicted octanol–water partition coefficient (Wildman–Crippen LogP) is 5.29. The third-order valence-electron chi connectivity index (χ3n) is 5.15. The number of aryl methyl sites for hydroxylation is 1. The summed E-state index contributed by atoms with van der Waals surface area (Å²) in [6, 6.07) is 12.5. The predicted molar refractivity (Wildman–Crippen MR) is 97.0 cm³/mol. The van der Waals surface area contributed by atoms with Crippen LogP contribution in [0.25, 0.3) is 0 Å². The maximum Gasteiger partial charge on any atom is 0.124 e. The number of methoxy groups -OCH3 is 1. The summed E-state index contributed by atoms with van der Waals surface area (Å²) in [6.07, 6.45) is 2.35. The summed E-state index contributed by atoms with van der Waals surface area (Å²) in [5, 5.41) is 4.45. The van der Waals surface area contributed by atoms with E-state index < -0.39 is 0 Å². The van der Waals surface area contributed by atoms with Gasteiger partial charge in [0.25, 0.3) is 0 Å². The lowest BCUT2D eigenvalue weighted by atomic mass is 9.77. The highest BCUT2D eigenvalue weighted by atomic mass is 35.5. The van der Waals surface area contributed by atoms with Gasteiger partial charge in [0, 0.05) is 34.4 Å². The highest BCUT2D eigenvalue weighted by Crippen LogP contribution is 2.50. The number of nitrogens with one attached hydrogen (secondary N) is 1. The van der Waals surface area contributed by atoms with E-state index in [1.165, 1.54) is 11.1 Å². The topological polar surface area (TPSA) is 30.5 Å². The summed E-state index contributed by atoms with van der Waals surface area (Å²) in [5.74, 6) is 1.25. The number of halogens is 1. The molecular weight excluding hydrogens is 322 g/mol. The number of ether oxygens (including phenoxy) is 2. The summed E-state index contributed by atoms with van der Waals surface area (Å²) in [7, 11) is 1.71. The molecule has 0 amide bonds. The van der Waals surface area contributed by atoms with E-state index in [4.69, 9.17) is 21.1 Å². The number of benzene rings is 2. The Balaban J connectivity index is 1.82. The van der Waals surface area contributed by atoms with E-state index in [2.05, 4.69) is 30.4 Å². The Kier molecular flexibility index (Phi) is 4.15. The molecule has 2 heterocycles. The normalized spacial score (nSPS) is 25.4. The van der Waals surface area contributed by atoms with Gasteiger partial charge in [-0.15, -0.1) is 0 Å². The molecule has 3 nitrogen and oxygen atoms in total. The summed E-state index contributed by atoms with van der Waals surface area (Å²) in [4.78, 5) is 0. The van der Waals surface area contributed by atoms with Gasteiger partial charge in [-0.2, -0.15) is 0 Å². The zero-order valence-electron chi connectivity index (χ0n) is 14.0. The van der Waals surface area contributed by atoms with E-state index >= 15 is 0 Å². The van der Waals surface area contributed by atoms with Crippen molar-refractivity contribution in [3.8, 4) is 5.75 Å². The van der Waals surface area contributed by atoms with Crippen molar-refractivity contribution >= 4 is 17.3 Å². The molecule has 0 aromatic heterocycles. The molecule has 126 valence electrons. The number of fused-ring (bicyclic) bond motifs is 3. The second-order valence-electron chi connectivity index (χ2n) is 6.70. The van der Waals surface area contributed by atoms with E-state index in [-0.39, 0.29) is 12.1 Å². The Hall–Kier alpha value is -1.71. The van der Waals surface area contributed by atoms with Crippen LogP contribution in [0.4, 0.5) is 5.69 Å². The SMILES string of the molecule is COc1ccc(Cl)cc1C1Nc2ccc(C)cc2C2OCCCC12. The minimum absolute atomic E-state index is 0.128. The average Bonchev–Trinajstić information content (AvgIpc) is 2.61. The van der Waals surface area contributed by atoms with Gasteiger partial charge < -0.3 is 14.8 Å². The van der Waals surface area contributed by atoms with Crippen molar-refractivity contribution in [1.82, 2.24) is 0 Å². The van der Waals surface area contributed by atoms with Crippen LogP contribution in [0.2, 0.25) is 5.02 Å². The molecular formula is C20H22ClNO2. The Morgan fingerprint density at radius 2 is 2.04 bits per heavy atom. The quantitative estimate of drug-likeness (QED) is 0.803. The van der Waals surface area contributed by atoms with E-state index in [1.54, 1.807) is 7.11 Å². The molecule has 4 heteroatoms. The van der Waals surface area contributed by atoms with Crippen molar-refractivity contribution in [3.05, 3.63) is 58.1 Å². The Labute approximate surface area is 147 Å². The molecule has 2 aliphatic rings. The zero-order chi connectivity index (χ0) is 16.7. The molecule has 0 spiro atoms. The fraction of sp³-hybridized carbons (Fsp3) is 0.400. The summed E-state index contributed by atoms with van der Waals surface area (Å²) in [5.41, 5.74) is 4.80. The molecule has 3 unspecified atom stereocenters. The second-order valence-corrected chi connectivity index (χ2v) is 7.13. The van der Waals surface area contributed by atoms with Crippen LogP contribution in [-0.2, 0) is 4.74 Å². The van der Waals surface area contributed by atoms with E-state index in [0.29, 0.717) is 5.92 Å². The van der Waals surface area contributed by atoms with Crippen molar-refractivity contribution in [1.29, 1.82) is 0 Å². The van der Waals surface area contributed by atoms with Crippen LogP contribution in [0.15, 0.2) is 36.4 Å². The first-order chi connectivity index (χ1) is 11.7. The van der Waals surface area contributed by atoms with Gasteiger partial charge in [0.1, 0.15) is 5.75 Å². The van der Waals surface area contributed by atoms with Crippen LogP contribution in [0, 0.1) is 12.8 Å². The molecule has 1 N–H and O–H groups in total. The average molecular weight is 344 g/mol. The van der Waals surface area contributed by atoms with E-state index in [9.17, 15) is 0 Å². The molecule has 24 heavy (non-hydrogen) atoms. The van der Waals surface area contributed by atoms with Gasteiger partial charge in [-0.3, -0.25) is 0 Å². The van der Waals surface area contributed by atoms with E-state index in [0.717, 1.165) is 41.5 Å². The highest BCUT2D eigenvalue weighted by molar-refractivity contribution is 6.30. The molecule has 2 aromatic carbocycles. The maximum absolute atomic E-state index is 6.27. The van der Waals surface area contributed by atoms with Gasteiger partial charge in [-0.1, -0.05) is 29.3 Å². The maximum atomic E-state index is 6.27. The number of anilines is 1. The summed E-state index contributed by atoms with van der Waals surface area (Å²) < 4.78 is 11.8. The van der Waals surface area contributed by atoms with Crippen LogP contribution in [0.1, 0.15) is 41.7 Å². The van der Waals surface area contributed by atoms with Gasteiger partial charge >= 0.3 is 0 Å². The molecule has 0 saturated carbocycles. The molecule has 3 atom stereocenters. The van der Waals surface area contributed by atoms with Crippen LogP contribution in [-0.4, -0.2) is 13.7 Å². The molecule has 0 radical (unpaired) electrons. The summed E-state index contributed by atoms with van der Waals surface area (Å²) >= 11 is 6.27. The molecule has 4 rings (SSSR count). The molecule has 2 aromatic rings. The summed E-state index contributed by atoms with van der Waals surface area (Å²) in [6.45, 7) is 2.96. The number of hydrogen-bond donors (Lipinski definition) is 1. The first-order valence-corrected chi connectivity index (χ1v) is 8.87. The lowest BCUT2D eigenvalue weighted by molar-refractivity contribution is -0.0383. The second kappa shape index (κ2) is 6.30. The van der Waals surface area contributed by atoms with Gasteiger partial charge in [0.15, 0.2) is 0 Å². The standard InChI is InChI=1S/C20H22ClNO2/c1-12-5-7-17-15(10-12)20-14(4-3-9-24-20)19(22-17)16-11-13(21)6-8-18(16)23-2/h5-8,10-11,14,19-20,22H,3-4,9H2,1-2H3. The number of rotatable bonds is 2. The first kappa shape index (κ1) is 15.8. The van der Waals surface area contributed by atoms with Crippen molar-refractivity contribution in [2.45, 2.75) is 31.9 Å². The van der Waals surface area contributed by atoms with Crippen LogP contribution in [0.5, 0.6) is 5.75 Å².